The van der Waals surface area contributed by atoms with Gasteiger partial charge in [-0.25, -0.2) is 8.91 Å². The lowest BCUT2D eigenvalue weighted by atomic mass is 9.95. The van der Waals surface area contributed by atoms with E-state index in [0.717, 1.165) is 51.6 Å². The van der Waals surface area contributed by atoms with Gasteiger partial charge in [0.05, 0.1) is 27.5 Å². The van der Waals surface area contributed by atoms with Crippen LogP contribution in [0.1, 0.15) is 44.1 Å². The van der Waals surface area contributed by atoms with E-state index < -0.39 is 5.82 Å². The number of nitriles is 1. The van der Waals surface area contributed by atoms with Gasteiger partial charge in [-0.2, -0.15) is 15.2 Å². The van der Waals surface area contributed by atoms with Gasteiger partial charge in [0.15, 0.2) is 17.4 Å². The maximum atomic E-state index is 17.1. The van der Waals surface area contributed by atoms with Gasteiger partial charge < -0.3 is 25.4 Å². The molecule has 0 saturated carbocycles. The van der Waals surface area contributed by atoms with Crippen molar-refractivity contribution in [1.82, 2.24) is 29.8 Å². The number of anilines is 2. The van der Waals surface area contributed by atoms with Crippen molar-refractivity contribution in [3.05, 3.63) is 34.7 Å². The Bertz CT molecular complexity index is 1900. The summed E-state index contributed by atoms with van der Waals surface area (Å²) >= 11 is 7.10. The Balaban J connectivity index is 1.26. The van der Waals surface area contributed by atoms with E-state index in [1.54, 1.807) is 18.3 Å². The molecule has 3 atom stereocenters. The van der Waals surface area contributed by atoms with Crippen molar-refractivity contribution in [3.63, 3.8) is 0 Å². The number of nitrogens with one attached hydrogen (secondary N) is 1. The summed E-state index contributed by atoms with van der Waals surface area (Å²) in [7, 11) is 0. The Morgan fingerprint density at radius 3 is 2.91 bits per heavy atom. The van der Waals surface area contributed by atoms with Gasteiger partial charge in [0.1, 0.15) is 36.2 Å². The van der Waals surface area contributed by atoms with Gasteiger partial charge in [0.2, 0.25) is 0 Å². The molecule has 4 aromatic rings. The van der Waals surface area contributed by atoms with Crippen molar-refractivity contribution in [1.29, 1.82) is 5.26 Å². The fourth-order valence-electron chi connectivity index (χ4n) is 8.47. The molecule has 1 aromatic carbocycles. The van der Waals surface area contributed by atoms with Gasteiger partial charge >= 0.3 is 6.01 Å². The van der Waals surface area contributed by atoms with Crippen LogP contribution in [0.25, 0.3) is 27.5 Å². The molecule has 2 bridgehead atoms. The van der Waals surface area contributed by atoms with Gasteiger partial charge in [-0.1, -0.05) is 17.7 Å². The lowest BCUT2D eigenvalue weighted by molar-refractivity contribution is 0.108. The van der Waals surface area contributed by atoms with E-state index in [1.165, 1.54) is 4.52 Å². The summed E-state index contributed by atoms with van der Waals surface area (Å²) in [5, 5.41) is 18.4. The molecule has 4 fully saturated rings. The summed E-state index contributed by atoms with van der Waals surface area (Å²) in [6, 6.07) is 6.19. The van der Waals surface area contributed by atoms with Gasteiger partial charge in [0, 0.05) is 36.0 Å². The molecule has 0 aliphatic carbocycles. The zero-order valence-corrected chi connectivity index (χ0v) is 24.8. The summed E-state index contributed by atoms with van der Waals surface area (Å²) in [5.74, 6) is 0.332. The Morgan fingerprint density at radius 1 is 1.25 bits per heavy atom. The first-order valence-electron chi connectivity index (χ1n) is 15.4. The quantitative estimate of drug-likeness (QED) is 0.349. The second-order valence-electron chi connectivity index (χ2n) is 12.8. The molecule has 44 heavy (non-hydrogen) atoms. The van der Waals surface area contributed by atoms with Gasteiger partial charge in [-0.05, 0) is 57.7 Å². The number of hydrogen-bond acceptors (Lipinski definition) is 10. The fraction of sp³-hybridized carbons (Fsp3) is 0.484. The van der Waals surface area contributed by atoms with E-state index in [2.05, 4.69) is 26.3 Å². The summed E-state index contributed by atoms with van der Waals surface area (Å²) < 4.78 is 31.5. The van der Waals surface area contributed by atoms with Crippen molar-refractivity contribution in [2.45, 2.75) is 62.2 Å². The molecule has 5 aliphatic heterocycles. The maximum absolute atomic E-state index is 17.1. The monoisotopic (exact) mass is 615 g/mol. The molecule has 226 valence electrons. The van der Waals surface area contributed by atoms with Crippen molar-refractivity contribution in [2.75, 3.05) is 43.5 Å². The molecular formula is C31H31ClFN9O2. The van der Waals surface area contributed by atoms with Crippen molar-refractivity contribution >= 4 is 39.7 Å². The first-order chi connectivity index (χ1) is 21.5. The number of nitrogens with two attached hydrogens (primary N) is 1. The number of hydrogen-bond donors (Lipinski definition) is 2. The molecule has 0 radical (unpaired) electrons. The molecule has 9 rings (SSSR count). The molecule has 3 aromatic heterocycles. The van der Waals surface area contributed by atoms with Crippen molar-refractivity contribution in [3.8, 4) is 29.0 Å². The van der Waals surface area contributed by atoms with Crippen LogP contribution < -0.4 is 25.4 Å². The third kappa shape index (κ3) is 3.63. The van der Waals surface area contributed by atoms with Crippen LogP contribution in [0.2, 0.25) is 5.02 Å². The van der Waals surface area contributed by atoms with E-state index in [0.29, 0.717) is 53.8 Å². The lowest BCUT2D eigenvalue weighted by Crippen LogP contribution is -2.60. The minimum absolute atomic E-state index is 0.0170. The topological polar surface area (TPSA) is 130 Å². The van der Waals surface area contributed by atoms with Crippen LogP contribution in [0.4, 0.5) is 16.0 Å². The predicted octanol–water partition coefficient (Wildman–Crippen LogP) is 3.90. The molecule has 0 amide bonds. The molecule has 3 unspecified atom stereocenters. The highest BCUT2D eigenvalue weighted by Crippen LogP contribution is 2.50. The molecule has 3 N–H and O–H groups in total. The largest absolute Gasteiger partial charge is 0.489 e. The molecule has 8 heterocycles. The SMILES string of the molecule is N#Cc1c(N)nn2cccc(-c3c(Cl)c4c5c(nc(OCC67CCCN6CCC7)nc5c3F)N3CC5CCC(N5)C3CO4)c12. The third-order valence-corrected chi connectivity index (χ3v) is 10.9. The maximum Gasteiger partial charge on any atom is 0.319 e. The first kappa shape index (κ1) is 26.5. The number of rotatable bonds is 4. The molecule has 13 heteroatoms. The highest BCUT2D eigenvalue weighted by molar-refractivity contribution is 6.37. The van der Waals surface area contributed by atoms with Gasteiger partial charge in [-0.3, -0.25) is 4.90 Å². The van der Waals surface area contributed by atoms with Crippen LogP contribution in [-0.2, 0) is 0 Å². The number of ether oxygens (including phenoxy) is 2. The van der Waals surface area contributed by atoms with Crippen LogP contribution in [-0.4, -0.2) is 81.0 Å². The standard InChI is InChI=1S/C31H31ClFN9O2/c32-23-21(17-4-1-11-42-26(17)18(12-34)28(35)39-42)24(33)25-22-27(23)43-14-20-19-6-5-16(36-19)13-41(20)29(22)38-30(37-25)44-15-31-7-2-9-40(31)10-3-8-31/h1,4,11,16,19-20,36H,2-3,5-10,13-15H2,(H2,35,39). The zero-order valence-electron chi connectivity index (χ0n) is 24.0. The van der Waals surface area contributed by atoms with Crippen molar-refractivity contribution < 1.29 is 13.9 Å². The number of benzene rings is 1. The highest BCUT2D eigenvalue weighted by Gasteiger charge is 2.46. The lowest BCUT2D eigenvalue weighted by Gasteiger charge is -2.40. The smallest absolute Gasteiger partial charge is 0.319 e. The zero-order chi connectivity index (χ0) is 29.7. The van der Waals surface area contributed by atoms with Crippen LogP contribution in [0.15, 0.2) is 18.3 Å². The Hall–Kier alpha value is -3.92. The number of nitrogen functional groups attached to an aromatic ring is 1. The predicted molar refractivity (Wildman–Crippen MR) is 163 cm³/mol. The molecule has 4 saturated heterocycles. The van der Waals surface area contributed by atoms with E-state index in [1.807, 2.05) is 0 Å². The van der Waals surface area contributed by atoms with Gasteiger partial charge in [0.25, 0.3) is 0 Å². The summed E-state index contributed by atoms with van der Waals surface area (Å²) in [4.78, 5) is 14.5. The first-order valence-corrected chi connectivity index (χ1v) is 15.8. The van der Waals surface area contributed by atoms with E-state index in [-0.39, 0.29) is 51.1 Å². The fourth-order valence-corrected chi connectivity index (χ4v) is 8.81. The Labute approximate surface area is 257 Å². The summed E-state index contributed by atoms with van der Waals surface area (Å²) in [5.41, 5.74) is 7.06. The van der Waals surface area contributed by atoms with E-state index in [9.17, 15) is 5.26 Å². The number of nitrogens with zero attached hydrogens (tertiary/aromatic N) is 7. The average molecular weight is 616 g/mol. The van der Waals surface area contributed by atoms with E-state index in [4.69, 9.17) is 36.8 Å². The Morgan fingerprint density at radius 2 is 2.09 bits per heavy atom. The van der Waals surface area contributed by atoms with E-state index >= 15 is 4.39 Å². The number of halogens is 2. The molecule has 11 nitrogen and oxygen atoms in total. The Kier molecular flexibility index (Phi) is 5.74. The van der Waals surface area contributed by atoms with Gasteiger partial charge in [-0.15, -0.1) is 5.10 Å². The van der Waals surface area contributed by atoms with Crippen molar-refractivity contribution in [2.24, 2.45) is 0 Å². The number of fused-ring (bicyclic) bond motifs is 7. The second kappa shape index (κ2) is 9.54. The van der Waals surface area contributed by atoms with Crippen LogP contribution in [0.3, 0.4) is 0 Å². The summed E-state index contributed by atoms with van der Waals surface area (Å²) in [6.07, 6.45) is 8.18. The third-order valence-electron chi connectivity index (χ3n) is 10.5. The summed E-state index contributed by atoms with van der Waals surface area (Å²) in [6.45, 7) is 3.67. The number of pyridine rings is 1. The molecule has 5 aliphatic rings. The van der Waals surface area contributed by atoms with Crippen LogP contribution in [0.5, 0.6) is 11.8 Å². The normalized spacial score (nSPS) is 25.1. The minimum Gasteiger partial charge on any atom is -0.489 e. The number of piperazine rings is 1. The molecule has 0 spiro atoms. The van der Waals surface area contributed by atoms with Crippen LogP contribution in [0, 0.1) is 17.1 Å². The highest BCUT2D eigenvalue weighted by atomic mass is 35.5. The van der Waals surface area contributed by atoms with Crippen LogP contribution >= 0.6 is 11.6 Å². The molecular weight excluding hydrogens is 585 g/mol. The minimum atomic E-state index is -0.638. The number of aromatic nitrogens is 4. The average Bonchev–Trinajstić information content (AvgIpc) is 3.76. The second-order valence-corrected chi connectivity index (χ2v) is 13.1.